The fraction of sp³-hybridized carbons (Fsp3) is 0.529. The normalized spacial score (nSPS) is 10.3. The zero-order chi connectivity index (χ0) is 15.5. The molecule has 0 spiro atoms. The molecule has 0 aliphatic carbocycles. The predicted molar refractivity (Wildman–Crippen MR) is 83.5 cm³/mol. The van der Waals surface area contributed by atoms with Gasteiger partial charge in [0, 0.05) is 18.5 Å². The summed E-state index contributed by atoms with van der Waals surface area (Å²) in [6, 6.07) is 7.69. The van der Waals surface area contributed by atoms with Crippen molar-refractivity contribution in [2.75, 3.05) is 6.54 Å². The Morgan fingerprint density at radius 2 is 1.62 bits per heavy atom. The van der Waals surface area contributed by atoms with Gasteiger partial charge in [-0.25, -0.2) is 0 Å². The summed E-state index contributed by atoms with van der Waals surface area (Å²) in [5.41, 5.74) is 1.93. The van der Waals surface area contributed by atoms with Crippen LogP contribution in [-0.4, -0.2) is 23.5 Å². The molecule has 0 saturated carbocycles. The van der Waals surface area contributed by atoms with Crippen molar-refractivity contribution in [3.63, 3.8) is 0 Å². The van der Waals surface area contributed by atoms with E-state index in [9.17, 15) is 9.59 Å². The highest BCUT2D eigenvalue weighted by atomic mass is 16.4. The van der Waals surface area contributed by atoms with Crippen LogP contribution >= 0.6 is 0 Å². The van der Waals surface area contributed by atoms with Gasteiger partial charge in [0.25, 0.3) is 5.91 Å². The molecular formula is C17H25NO3. The monoisotopic (exact) mass is 291 g/mol. The third-order valence-electron chi connectivity index (χ3n) is 3.48. The van der Waals surface area contributed by atoms with Gasteiger partial charge in [0.05, 0.1) is 0 Å². The van der Waals surface area contributed by atoms with Gasteiger partial charge >= 0.3 is 5.97 Å². The molecule has 4 heteroatoms. The van der Waals surface area contributed by atoms with Crippen LogP contribution in [-0.2, 0) is 11.2 Å². The highest BCUT2D eigenvalue weighted by Crippen LogP contribution is 2.06. The molecule has 1 aromatic carbocycles. The van der Waals surface area contributed by atoms with Gasteiger partial charge in [-0.1, -0.05) is 38.3 Å². The molecule has 4 nitrogen and oxygen atoms in total. The predicted octanol–water partition coefficient (Wildman–Crippen LogP) is 3.40. The number of carbonyl (C=O) groups excluding carboxylic acids is 1. The fourth-order valence-corrected chi connectivity index (χ4v) is 2.13. The van der Waals surface area contributed by atoms with E-state index in [2.05, 4.69) is 12.2 Å². The van der Waals surface area contributed by atoms with Crippen molar-refractivity contribution in [1.82, 2.24) is 5.32 Å². The third-order valence-corrected chi connectivity index (χ3v) is 3.48. The molecule has 2 N–H and O–H groups in total. The van der Waals surface area contributed by atoms with Crippen LogP contribution in [0.25, 0.3) is 0 Å². The van der Waals surface area contributed by atoms with E-state index in [0.717, 1.165) is 38.5 Å². The van der Waals surface area contributed by atoms with Crippen molar-refractivity contribution in [2.45, 2.75) is 51.9 Å². The van der Waals surface area contributed by atoms with Gasteiger partial charge in [0.2, 0.25) is 0 Å². The van der Waals surface area contributed by atoms with Crippen LogP contribution in [0.1, 0.15) is 61.4 Å². The topological polar surface area (TPSA) is 66.4 Å². The molecule has 0 fully saturated rings. The number of unbranched alkanes of at least 4 members (excludes halogenated alkanes) is 4. The Morgan fingerprint density at radius 1 is 1.00 bits per heavy atom. The van der Waals surface area contributed by atoms with Crippen LogP contribution in [0.2, 0.25) is 0 Å². The van der Waals surface area contributed by atoms with Crippen molar-refractivity contribution in [1.29, 1.82) is 0 Å². The summed E-state index contributed by atoms with van der Waals surface area (Å²) in [5, 5.41) is 11.4. The van der Waals surface area contributed by atoms with Crippen LogP contribution < -0.4 is 5.32 Å². The molecule has 0 aliphatic heterocycles. The second kappa shape index (κ2) is 9.97. The zero-order valence-electron chi connectivity index (χ0n) is 12.7. The molecule has 1 aromatic rings. The average molecular weight is 291 g/mol. The molecule has 0 saturated heterocycles. The minimum Gasteiger partial charge on any atom is -0.481 e. The average Bonchev–Trinajstić information content (AvgIpc) is 2.49. The highest BCUT2D eigenvalue weighted by Gasteiger charge is 2.04. The van der Waals surface area contributed by atoms with Gasteiger partial charge in [-0.2, -0.15) is 0 Å². The van der Waals surface area contributed by atoms with E-state index in [0.29, 0.717) is 12.1 Å². The number of carboxylic acids is 1. The Hall–Kier alpha value is -1.84. The van der Waals surface area contributed by atoms with Crippen molar-refractivity contribution in [3.05, 3.63) is 35.4 Å². The molecule has 1 rings (SSSR count). The maximum Gasteiger partial charge on any atom is 0.303 e. The first-order valence-electron chi connectivity index (χ1n) is 7.72. The molecule has 0 heterocycles. The Balaban J connectivity index is 2.09. The van der Waals surface area contributed by atoms with E-state index in [-0.39, 0.29) is 12.3 Å². The quantitative estimate of drug-likeness (QED) is 0.649. The Bertz CT molecular complexity index is 440. The van der Waals surface area contributed by atoms with E-state index in [1.807, 2.05) is 24.3 Å². The summed E-state index contributed by atoms with van der Waals surface area (Å²) in [7, 11) is 0. The summed E-state index contributed by atoms with van der Waals surface area (Å²) in [5.74, 6) is -0.750. The Kier molecular flexibility index (Phi) is 8.17. The number of rotatable bonds is 10. The number of amides is 1. The van der Waals surface area contributed by atoms with E-state index in [1.165, 1.54) is 5.56 Å². The van der Waals surface area contributed by atoms with Crippen molar-refractivity contribution >= 4 is 11.9 Å². The lowest BCUT2D eigenvalue weighted by Gasteiger charge is -2.06. The highest BCUT2D eigenvalue weighted by molar-refractivity contribution is 5.94. The summed E-state index contributed by atoms with van der Waals surface area (Å²) < 4.78 is 0. The summed E-state index contributed by atoms with van der Waals surface area (Å²) in [6.07, 6.45) is 5.90. The summed E-state index contributed by atoms with van der Waals surface area (Å²) >= 11 is 0. The van der Waals surface area contributed by atoms with Crippen LogP contribution in [0.5, 0.6) is 0 Å². The minimum absolute atomic E-state index is 0.0245. The maximum atomic E-state index is 11.9. The molecule has 1 amide bonds. The lowest BCUT2D eigenvalue weighted by atomic mass is 10.1. The van der Waals surface area contributed by atoms with Crippen molar-refractivity contribution in [2.24, 2.45) is 0 Å². The van der Waals surface area contributed by atoms with Crippen LogP contribution in [0.4, 0.5) is 0 Å². The van der Waals surface area contributed by atoms with E-state index in [4.69, 9.17) is 5.11 Å². The number of carboxylic acid groups (broad SMARTS) is 1. The molecule has 0 aromatic heterocycles. The molecule has 0 unspecified atom stereocenters. The lowest BCUT2D eigenvalue weighted by Crippen LogP contribution is -2.24. The second-order valence-corrected chi connectivity index (χ2v) is 5.22. The third kappa shape index (κ3) is 7.49. The number of aryl methyl sites for hydroxylation is 1. The largest absolute Gasteiger partial charge is 0.481 e. The minimum atomic E-state index is -0.726. The van der Waals surface area contributed by atoms with Crippen LogP contribution in [0.15, 0.2) is 24.3 Å². The van der Waals surface area contributed by atoms with Gasteiger partial charge in [-0.3, -0.25) is 9.59 Å². The maximum absolute atomic E-state index is 11.9. The van der Waals surface area contributed by atoms with Gasteiger partial charge in [-0.15, -0.1) is 0 Å². The first-order valence-corrected chi connectivity index (χ1v) is 7.72. The zero-order valence-corrected chi connectivity index (χ0v) is 12.7. The van der Waals surface area contributed by atoms with E-state index in [1.54, 1.807) is 0 Å². The first-order chi connectivity index (χ1) is 10.1. The number of carbonyl (C=O) groups is 2. The van der Waals surface area contributed by atoms with Crippen molar-refractivity contribution in [3.8, 4) is 0 Å². The smallest absolute Gasteiger partial charge is 0.303 e. The molecule has 116 valence electrons. The summed E-state index contributed by atoms with van der Waals surface area (Å²) in [4.78, 5) is 22.2. The molecule has 0 bridgehead atoms. The van der Waals surface area contributed by atoms with Crippen molar-refractivity contribution < 1.29 is 14.7 Å². The van der Waals surface area contributed by atoms with Crippen LogP contribution in [0.3, 0.4) is 0 Å². The SMILES string of the molecule is CCc1ccc(C(=O)NCCCCCCCC(=O)O)cc1. The van der Waals surface area contributed by atoms with Gasteiger partial charge in [0.1, 0.15) is 0 Å². The molecule has 0 radical (unpaired) electrons. The molecule has 0 atom stereocenters. The van der Waals surface area contributed by atoms with Gasteiger partial charge in [0.15, 0.2) is 0 Å². The Labute approximate surface area is 126 Å². The van der Waals surface area contributed by atoms with Crippen LogP contribution in [0, 0.1) is 0 Å². The Morgan fingerprint density at radius 3 is 2.24 bits per heavy atom. The number of nitrogens with one attached hydrogen (secondary N) is 1. The molecule has 0 aliphatic rings. The summed E-state index contributed by atoms with van der Waals surface area (Å²) in [6.45, 7) is 2.76. The molecular weight excluding hydrogens is 266 g/mol. The van der Waals surface area contributed by atoms with Gasteiger partial charge in [-0.05, 0) is 37.0 Å². The number of hydrogen-bond donors (Lipinski definition) is 2. The second-order valence-electron chi connectivity index (χ2n) is 5.22. The standard InChI is InChI=1S/C17H25NO3/c1-2-14-9-11-15(12-10-14)17(21)18-13-7-5-3-4-6-8-16(19)20/h9-12H,2-8,13H2,1H3,(H,18,21)(H,19,20). The van der Waals surface area contributed by atoms with E-state index >= 15 is 0 Å². The first kappa shape index (κ1) is 17.2. The fourth-order valence-electron chi connectivity index (χ4n) is 2.13. The number of hydrogen-bond acceptors (Lipinski definition) is 2. The lowest BCUT2D eigenvalue weighted by molar-refractivity contribution is -0.137. The number of aliphatic carboxylic acids is 1. The molecule has 21 heavy (non-hydrogen) atoms. The van der Waals surface area contributed by atoms with Gasteiger partial charge < -0.3 is 10.4 Å². The number of benzene rings is 1. The van der Waals surface area contributed by atoms with E-state index < -0.39 is 5.97 Å².